The Morgan fingerprint density at radius 1 is 1.37 bits per heavy atom. The summed E-state index contributed by atoms with van der Waals surface area (Å²) in [5.74, 6) is -0.486. The van der Waals surface area contributed by atoms with Gasteiger partial charge in [-0.15, -0.1) is 0 Å². The summed E-state index contributed by atoms with van der Waals surface area (Å²) in [5.41, 5.74) is 5.32. The molecule has 0 saturated heterocycles. The third-order valence-corrected chi connectivity index (χ3v) is 4.96. The van der Waals surface area contributed by atoms with E-state index in [0.29, 0.717) is 0 Å². The lowest BCUT2D eigenvalue weighted by atomic mass is 10.3. The average Bonchev–Trinajstić information content (AvgIpc) is 2.98. The molecule has 1 aliphatic rings. The van der Waals surface area contributed by atoms with Gasteiger partial charge in [0, 0.05) is 25.4 Å². The molecule has 4 nitrogen and oxygen atoms in total. The summed E-state index contributed by atoms with van der Waals surface area (Å²) >= 11 is 4.69. The molecule has 1 fully saturated rings. The van der Waals surface area contributed by atoms with Crippen molar-refractivity contribution >= 4 is 27.2 Å². The normalized spacial score (nSPS) is 16.8. The summed E-state index contributed by atoms with van der Waals surface area (Å²) < 4.78 is 61.3. The molecular weight excluding hydrogens is 301 g/mol. The molecule has 0 unspecified atom stereocenters. The van der Waals surface area contributed by atoms with Gasteiger partial charge in [-0.25, -0.2) is 8.42 Å². The van der Waals surface area contributed by atoms with Gasteiger partial charge in [0.2, 0.25) is 10.0 Å². The lowest BCUT2D eigenvalue weighted by molar-refractivity contribution is -0.134. The molecule has 19 heavy (non-hydrogen) atoms. The molecule has 2 N–H and O–H groups in total. The zero-order valence-electron chi connectivity index (χ0n) is 10.3. The summed E-state index contributed by atoms with van der Waals surface area (Å²) in [6.45, 7) is 0.161. The van der Waals surface area contributed by atoms with Crippen LogP contribution in [0.2, 0.25) is 0 Å². The number of rotatable bonds is 8. The second-order valence-electron chi connectivity index (χ2n) is 4.59. The number of hydrogen-bond donors (Lipinski definition) is 1. The molecular formula is C10H17F3N2O2S2. The van der Waals surface area contributed by atoms with Gasteiger partial charge in [0.05, 0.1) is 10.7 Å². The van der Waals surface area contributed by atoms with Crippen molar-refractivity contribution in [1.29, 1.82) is 0 Å². The second-order valence-corrected chi connectivity index (χ2v) is 7.16. The Kier molecular flexibility index (Phi) is 5.57. The van der Waals surface area contributed by atoms with E-state index in [-0.39, 0.29) is 24.0 Å². The smallest absolute Gasteiger partial charge is 0.389 e. The maximum absolute atomic E-state index is 12.0. The minimum atomic E-state index is -4.32. The Balaban J connectivity index is 2.53. The highest BCUT2D eigenvalue weighted by molar-refractivity contribution is 7.89. The van der Waals surface area contributed by atoms with Gasteiger partial charge >= 0.3 is 6.18 Å². The van der Waals surface area contributed by atoms with Crippen molar-refractivity contribution < 1.29 is 21.6 Å². The van der Waals surface area contributed by atoms with E-state index in [9.17, 15) is 21.6 Å². The minimum absolute atomic E-state index is 0.0924. The quantitative estimate of drug-likeness (QED) is 0.693. The molecule has 0 heterocycles. The number of sulfonamides is 1. The predicted molar refractivity (Wildman–Crippen MR) is 70.2 cm³/mol. The van der Waals surface area contributed by atoms with Gasteiger partial charge in [0.1, 0.15) is 0 Å². The van der Waals surface area contributed by atoms with E-state index in [2.05, 4.69) is 12.2 Å². The van der Waals surface area contributed by atoms with E-state index in [0.717, 1.165) is 12.8 Å². The van der Waals surface area contributed by atoms with Crippen molar-refractivity contribution in [3.05, 3.63) is 0 Å². The number of nitrogens with zero attached hydrogens (tertiary/aromatic N) is 1. The van der Waals surface area contributed by atoms with Gasteiger partial charge in [-0.2, -0.15) is 17.5 Å². The van der Waals surface area contributed by atoms with Gasteiger partial charge < -0.3 is 5.73 Å². The zero-order chi connectivity index (χ0) is 14.7. The fourth-order valence-corrected chi connectivity index (χ4v) is 3.57. The van der Waals surface area contributed by atoms with Crippen LogP contribution >= 0.6 is 12.2 Å². The van der Waals surface area contributed by atoms with Gasteiger partial charge in [0.15, 0.2) is 0 Å². The molecule has 1 saturated carbocycles. The van der Waals surface area contributed by atoms with Crippen LogP contribution in [-0.4, -0.2) is 42.2 Å². The molecule has 0 aliphatic heterocycles. The van der Waals surface area contributed by atoms with Crippen molar-refractivity contribution in [2.24, 2.45) is 5.73 Å². The zero-order valence-corrected chi connectivity index (χ0v) is 12.0. The van der Waals surface area contributed by atoms with Crippen molar-refractivity contribution in [3.63, 3.8) is 0 Å². The Hall–Kier alpha value is -0.410. The van der Waals surface area contributed by atoms with E-state index < -0.39 is 34.8 Å². The summed E-state index contributed by atoms with van der Waals surface area (Å²) in [4.78, 5) is 0.205. The predicted octanol–water partition coefficient (Wildman–Crippen LogP) is 1.80. The van der Waals surface area contributed by atoms with Crippen molar-refractivity contribution in [2.45, 2.75) is 44.3 Å². The lowest BCUT2D eigenvalue weighted by Crippen LogP contribution is -2.37. The van der Waals surface area contributed by atoms with Gasteiger partial charge in [0.25, 0.3) is 0 Å². The van der Waals surface area contributed by atoms with Gasteiger partial charge in [-0.1, -0.05) is 12.2 Å². The molecule has 1 rings (SSSR count). The molecule has 0 aromatic rings. The summed E-state index contributed by atoms with van der Waals surface area (Å²) in [6.07, 6.45) is -4.07. The Morgan fingerprint density at radius 2 is 1.95 bits per heavy atom. The van der Waals surface area contributed by atoms with E-state index >= 15 is 0 Å². The second kappa shape index (κ2) is 6.36. The van der Waals surface area contributed by atoms with E-state index in [1.807, 2.05) is 0 Å². The Morgan fingerprint density at radius 3 is 2.37 bits per heavy atom. The van der Waals surface area contributed by atoms with Gasteiger partial charge in [-0.3, -0.25) is 0 Å². The van der Waals surface area contributed by atoms with Crippen molar-refractivity contribution in [1.82, 2.24) is 4.31 Å². The molecule has 0 aromatic carbocycles. The highest BCUT2D eigenvalue weighted by atomic mass is 32.2. The minimum Gasteiger partial charge on any atom is -0.393 e. The number of halogens is 3. The molecule has 0 radical (unpaired) electrons. The fourth-order valence-electron chi connectivity index (χ4n) is 1.70. The van der Waals surface area contributed by atoms with E-state index in [4.69, 9.17) is 5.73 Å². The summed E-state index contributed by atoms with van der Waals surface area (Å²) in [5, 5.41) is 0. The Labute approximate surface area is 116 Å². The molecule has 1 aliphatic carbocycles. The largest absolute Gasteiger partial charge is 0.393 e. The van der Waals surface area contributed by atoms with Crippen LogP contribution < -0.4 is 5.73 Å². The molecule has 0 atom stereocenters. The molecule has 0 spiro atoms. The summed E-state index contributed by atoms with van der Waals surface area (Å²) in [7, 11) is -3.66. The van der Waals surface area contributed by atoms with Crippen LogP contribution in [0, 0.1) is 0 Å². The maximum Gasteiger partial charge on any atom is 0.389 e. The third-order valence-electron chi connectivity index (χ3n) is 2.75. The summed E-state index contributed by atoms with van der Waals surface area (Å²) in [6, 6.07) is -0.0924. The van der Waals surface area contributed by atoms with Crippen LogP contribution in [0.4, 0.5) is 13.2 Å². The molecule has 0 bridgehead atoms. The van der Waals surface area contributed by atoms with Crippen LogP contribution in [0.3, 0.4) is 0 Å². The number of thiocarbonyl (C=S) groups is 1. The van der Waals surface area contributed by atoms with Crippen molar-refractivity contribution in [3.8, 4) is 0 Å². The van der Waals surface area contributed by atoms with Gasteiger partial charge in [-0.05, 0) is 19.3 Å². The molecule has 112 valence electrons. The van der Waals surface area contributed by atoms with E-state index in [1.54, 1.807) is 0 Å². The number of nitrogens with two attached hydrogens (primary N) is 1. The highest BCUT2D eigenvalue weighted by Crippen LogP contribution is 2.30. The molecule has 9 heteroatoms. The SMILES string of the molecule is NC(=S)CCN(C1CC1)S(=O)(=O)CCCC(F)(F)F. The maximum atomic E-state index is 12.0. The standard InChI is InChI=1S/C10H17F3N2O2S2/c11-10(12,13)5-1-7-19(16,17)15(8-2-3-8)6-4-9(14)18/h8H,1-7H2,(H2,14,18). The Bertz CT molecular complexity index is 419. The first-order valence-corrected chi connectivity index (χ1v) is 7.98. The monoisotopic (exact) mass is 318 g/mol. The first kappa shape index (κ1) is 16.6. The molecule has 0 amide bonds. The van der Waals surface area contributed by atoms with Crippen LogP contribution in [0.5, 0.6) is 0 Å². The average molecular weight is 318 g/mol. The van der Waals surface area contributed by atoms with E-state index in [1.165, 1.54) is 4.31 Å². The highest BCUT2D eigenvalue weighted by Gasteiger charge is 2.37. The van der Waals surface area contributed by atoms with Crippen LogP contribution in [0.1, 0.15) is 32.1 Å². The first-order valence-electron chi connectivity index (χ1n) is 5.96. The van der Waals surface area contributed by atoms with Crippen LogP contribution in [-0.2, 0) is 10.0 Å². The third kappa shape index (κ3) is 6.53. The lowest BCUT2D eigenvalue weighted by Gasteiger charge is -2.21. The number of hydrogen-bond acceptors (Lipinski definition) is 3. The molecule has 0 aromatic heterocycles. The first-order chi connectivity index (χ1) is 8.62. The van der Waals surface area contributed by atoms with Crippen LogP contribution in [0.25, 0.3) is 0 Å². The topological polar surface area (TPSA) is 63.4 Å². The number of alkyl halides is 3. The fraction of sp³-hybridized carbons (Fsp3) is 0.900. The van der Waals surface area contributed by atoms with Crippen LogP contribution in [0.15, 0.2) is 0 Å². The van der Waals surface area contributed by atoms with Crippen molar-refractivity contribution in [2.75, 3.05) is 12.3 Å².